The van der Waals surface area contributed by atoms with Crippen LogP contribution in [0.2, 0.25) is 0 Å². The first kappa shape index (κ1) is 15.2. The van der Waals surface area contributed by atoms with Gasteiger partial charge in [0.2, 0.25) is 6.36 Å². The van der Waals surface area contributed by atoms with Gasteiger partial charge in [-0.15, -0.1) is 0 Å². The van der Waals surface area contributed by atoms with Crippen molar-refractivity contribution < 1.29 is 13.9 Å². The number of hydrogen-bond donors (Lipinski definition) is 0. The zero-order chi connectivity index (χ0) is 14.3. The van der Waals surface area contributed by atoms with E-state index in [1.54, 1.807) is 6.07 Å². The van der Waals surface area contributed by atoms with Crippen molar-refractivity contribution in [2.75, 3.05) is 0 Å². The number of benzene rings is 1. The number of nitriles is 1. The first-order valence-electron chi connectivity index (χ1n) is 6.36. The van der Waals surface area contributed by atoms with E-state index in [4.69, 9.17) is 5.26 Å². The normalized spacial score (nSPS) is 13.4. The maximum atomic E-state index is 13.1. The zero-order valence-electron chi connectivity index (χ0n) is 11.2. The highest BCUT2D eigenvalue weighted by atomic mass is 19.1. The molecule has 0 N–H and O–H groups in total. The van der Waals surface area contributed by atoms with Gasteiger partial charge in [-0.05, 0) is 18.9 Å². The monoisotopic (exact) mass is 263 g/mol. The summed E-state index contributed by atoms with van der Waals surface area (Å²) in [5.74, 6) is -1.27. The third-order valence-electron chi connectivity index (χ3n) is 2.75. The number of rotatable bonds is 6. The van der Waals surface area contributed by atoms with Crippen LogP contribution in [0.1, 0.15) is 43.2 Å². The quantitative estimate of drug-likeness (QED) is 0.736. The number of hydrogen-bond acceptors (Lipinski definition) is 3. The Kier molecular flexibility index (Phi) is 6.01. The van der Waals surface area contributed by atoms with E-state index in [0.717, 1.165) is 11.1 Å². The Labute approximate surface area is 113 Å². The topological polar surface area (TPSA) is 50.1 Å². The van der Waals surface area contributed by atoms with Crippen LogP contribution in [0.5, 0.6) is 0 Å². The summed E-state index contributed by atoms with van der Waals surface area (Å²) in [6.07, 6.45) is -0.903. The first-order valence-corrected chi connectivity index (χ1v) is 6.36. The SMILES string of the molecule is CCCC(F)OC(=O)CC(C#N)c1cccc(C)c1. The molecule has 3 nitrogen and oxygen atoms in total. The Morgan fingerprint density at radius 3 is 2.84 bits per heavy atom. The van der Waals surface area contributed by atoms with Crippen molar-refractivity contribution in [3.63, 3.8) is 0 Å². The molecule has 1 aromatic carbocycles. The molecular formula is C15H18FNO2. The Morgan fingerprint density at radius 2 is 2.26 bits per heavy atom. The average molecular weight is 263 g/mol. The van der Waals surface area contributed by atoms with E-state index >= 15 is 0 Å². The largest absolute Gasteiger partial charge is 0.431 e. The molecule has 0 heterocycles. The molecule has 0 saturated heterocycles. The highest BCUT2D eigenvalue weighted by Crippen LogP contribution is 2.21. The van der Waals surface area contributed by atoms with E-state index in [1.165, 1.54) is 0 Å². The predicted molar refractivity (Wildman–Crippen MR) is 70.0 cm³/mol. The summed E-state index contributed by atoms with van der Waals surface area (Å²) < 4.78 is 17.8. The van der Waals surface area contributed by atoms with E-state index < -0.39 is 18.2 Å². The van der Waals surface area contributed by atoms with Crippen LogP contribution < -0.4 is 0 Å². The molecule has 4 heteroatoms. The predicted octanol–water partition coefficient (Wildman–Crippen LogP) is 3.63. The van der Waals surface area contributed by atoms with E-state index in [0.29, 0.717) is 6.42 Å². The van der Waals surface area contributed by atoms with Gasteiger partial charge in [0.05, 0.1) is 18.4 Å². The van der Waals surface area contributed by atoms with Gasteiger partial charge >= 0.3 is 5.97 Å². The number of aryl methyl sites for hydroxylation is 1. The number of carbonyl (C=O) groups is 1. The molecule has 19 heavy (non-hydrogen) atoms. The second-order valence-electron chi connectivity index (χ2n) is 4.49. The van der Waals surface area contributed by atoms with Gasteiger partial charge in [-0.25, -0.2) is 4.39 Å². The van der Waals surface area contributed by atoms with Gasteiger partial charge in [0.1, 0.15) is 0 Å². The van der Waals surface area contributed by atoms with Gasteiger partial charge in [0.15, 0.2) is 0 Å². The number of nitrogens with zero attached hydrogens (tertiary/aromatic N) is 1. The Morgan fingerprint density at radius 1 is 1.53 bits per heavy atom. The third kappa shape index (κ3) is 5.09. The van der Waals surface area contributed by atoms with Gasteiger partial charge in [0.25, 0.3) is 0 Å². The fourth-order valence-corrected chi connectivity index (χ4v) is 1.77. The van der Waals surface area contributed by atoms with Crippen LogP contribution in [0.4, 0.5) is 4.39 Å². The zero-order valence-corrected chi connectivity index (χ0v) is 11.2. The van der Waals surface area contributed by atoms with Gasteiger partial charge in [-0.3, -0.25) is 4.79 Å². The lowest BCUT2D eigenvalue weighted by atomic mass is 9.96. The lowest BCUT2D eigenvalue weighted by Gasteiger charge is -2.12. The van der Waals surface area contributed by atoms with Crippen LogP contribution in [0.25, 0.3) is 0 Å². The molecular weight excluding hydrogens is 245 g/mol. The van der Waals surface area contributed by atoms with E-state index in [-0.39, 0.29) is 12.8 Å². The molecule has 0 aliphatic rings. The minimum Gasteiger partial charge on any atom is -0.431 e. The Balaban J connectivity index is 2.63. The highest BCUT2D eigenvalue weighted by molar-refractivity contribution is 5.71. The number of alkyl halides is 1. The van der Waals surface area contributed by atoms with Crippen LogP contribution in [-0.4, -0.2) is 12.3 Å². The van der Waals surface area contributed by atoms with Crippen LogP contribution in [-0.2, 0) is 9.53 Å². The number of esters is 1. The molecule has 0 aliphatic carbocycles. The molecule has 0 spiro atoms. The molecule has 2 atom stereocenters. The first-order chi connectivity index (χ1) is 9.06. The minimum atomic E-state index is -1.57. The molecule has 0 amide bonds. The standard InChI is InChI=1S/C15H18FNO2/c1-3-5-14(16)19-15(18)9-13(10-17)12-7-4-6-11(2)8-12/h4,6-8,13-14H,3,5,9H2,1-2H3. The second kappa shape index (κ2) is 7.52. The summed E-state index contributed by atoms with van der Waals surface area (Å²) in [7, 11) is 0. The maximum Gasteiger partial charge on any atom is 0.309 e. The molecule has 0 saturated carbocycles. The van der Waals surface area contributed by atoms with Crippen molar-refractivity contribution >= 4 is 5.97 Å². The maximum absolute atomic E-state index is 13.1. The van der Waals surface area contributed by atoms with Gasteiger partial charge < -0.3 is 4.74 Å². The summed E-state index contributed by atoms with van der Waals surface area (Å²) >= 11 is 0. The molecule has 102 valence electrons. The van der Waals surface area contributed by atoms with E-state index in [9.17, 15) is 9.18 Å². The smallest absolute Gasteiger partial charge is 0.309 e. The van der Waals surface area contributed by atoms with Crippen molar-refractivity contribution in [3.05, 3.63) is 35.4 Å². The number of halogens is 1. The van der Waals surface area contributed by atoms with Gasteiger partial charge in [0, 0.05) is 6.42 Å². The van der Waals surface area contributed by atoms with Crippen molar-refractivity contribution in [2.24, 2.45) is 0 Å². The summed E-state index contributed by atoms with van der Waals surface area (Å²) in [6, 6.07) is 9.43. The fourth-order valence-electron chi connectivity index (χ4n) is 1.77. The van der Waals surface area contributed by atoms with Crippen LogP contribution in [0, 0.1) is 18.3 Å². The molecule has 0 radical (unpaired) electrons. The number of carbonyl (C=O) groups excluding carboxylic acids is 1. The second-order valence-corrected chi connectivity index (χ2v) is 4.49. The molecule has 0 aromatic heterocycles. The fraction of sp³-hybridized carbons (Fsp3) is 0.467. The Bertz CT molecular complexity index is 467. The molecule has 0 bridgehead atoms. The van der Waals surface area contributed by atoms with Crippen LogP contribution in [0.3, 0.4) is 0 Å². The van der Waals surface area contributed by atoms with E-state index in [2.05, 4.69) is 10.8 Å². The van der Waals surface area contributed by atoms with Crippen molar-refractivity contribution in [3.8, 4) is 6.07 Å². The van der Waals surface area contributed by atoms with Crippen LogP contribution >= 0.6 is 0 Å². The molecule has 1 rings (SSSR count). The highest BCUT2D eigenvalue weighted by Gasteiger charge is 2.19. The lowest BCUT2D eigenvalue weighted by Crippen LogP contribution is -2.15. The summed E-state index contributed by atoms with van der Waals surface area (Å²) in [5, 5.41) is 9.11. The molecule has 0 aliphatic heterocycles. The molecule has 1 aromatic rings. The third-order valence-corrected chi connectivity index (χ3v) is 2.75. The van der Waals surface area contributed by atoms with Gasteiger partial charge in [-0.2, -0.15) is 5.26 Å². The van der Waals surface area contributed by atoms with Crippen molar-refractivity contribution in [1.29, 1.82) is 5.26 Å². The molecule has 2 unspecified atom stereocenters. The Hall–Kier alpha value is -1.89. The summed E-state index contributed by atoms with van der Waals surface area (Å²) in [5.41, 5.74) is 1.77. The van der Waals surface area contributed by atoms with Gasteiger partial charge in [-0.1, -0.05) is 36.8 Å². The van der Waals surface area contributed by atoms with Crippen LogP contribution in [0.15, 0.2) is 24.3 Å². The van der Waals surface area contributed by atoms with Crippen molar-refractivity contribution in [2.45, 2.75) is 45.4 Å². The molecule has 0 fully saturated rings. The summed E-state index contributed by atoms with van der Waals surface area (Å²) in [6.45, 7) is 3.72. The number of ether oxygens (including phenoxy) is 1. The minimum absolute atomic E-state index is 0.121. The van der Waals surface area contributed by atoms with E-state index in [1.807, 2.05) is 32.0 Å². The van der Waals surface area contributed by atoms with Crippen molar-refractivity contribution in [1.82, 2.24) is 0 Å². The summed E-state index contributed by atoms with van der Waals surface area (Å²) in [4.78, 5) is 11.5. The average Bonchev–Trinajstić information content (AvgIpc) is 2.36. The lowest BCUT2D eigenvalue weighted by molar-refractivity contribution is -0.158.